The van der Waals surface area contributed by atoms with Crippen LogP contribution in [-0.4, -0.2) is 27.4 Å². The molecule has 2 aromatic heterocycles. The van der Waals surface area contributed by atoms with Gasteiger partial charge in [0.15, 0.2) is 0 Å². The molecule has 1 aliphatic carbocycles. The molecule has 4 rings (SSSR count). The third kappa shape index (κ3) is 3.39. The standard InChI is InChI=1S/C21H23N3O3/c1-13-10-17(13)19-9-8-15(27-19)11-23(3)20(25)12-24-14(2)22-18-7-5-4-6-16(18)21(24)26/h4-9,13,17H,10-12H2,1-3H3/t13-,17+/m0/s1. The maximum atomic E-state index is 12.7. The first-order valence-electron chi connectivity index (χ1n) is 9.23. The van der Waals surface area contributed by atoms with E-state index in [2.05, 4.69) is 11.9 Å². The van der Waals surface area contributed by atoms with Gasteiger partial charge in [0.05, 0.1) is 17.4 Å². The topological polar surface area (TPSA) is 68.3 Å². The molecule has 1 aliphatic rings. The first-order valence-corrected chi connectivity index (χ1v) is 9.23. The molecule has 0 N–H and O–H groups in total. The van der Waals surface area contributed by atoms with Crippen LogP contribution in [0.3, 0.4) is 0 Å². The molecule has 2 atom stereocenters. The number of benzene rings is 1. The van der Waals surface area contributed by atoms with Gasteiger partial charge in [-0.3, -0.25) is 14.2 Å². The molecule has 6 heteroatoms. The Hall–Kier alpha value is -2.89. The van der Waals surface area contributed by atoms with Crippen LogP contribution in [-0.2, 0) is 17.9 Å². The molecule has 2 heterocycles. The molecule has 1 fully saturated rings. The fraction of sp³-hybridized carbons (Fsp3) is 0.381. The second-order valence-electron chi connectivity index (χ2n) is 7.44. The van der Waals surface area contributed by atoms with Gasteiger partial charge in [0.1, 0.15) is 23.9 Å². The van der Waals surface area contributed by atoms with Gasteiger partial charge in [-0.2, -0.15) is 0 Å². The Morgan fingerprint density at radius 3 is 2.78 bits per heavy atom. The fourth-order valence-electron chi connectivity index (χ4n) is 3.44. The summed E-state index contributed by atoms with van der Waals surface area (Å²) in [6.45, 7) is 4.30. The van der Waals surface area contributed by atoms with Crippen LogP contribution in [0.25, 0.3) is 10.9 Å². The molecular weight excluding hydrogens is 342 g/mol. The number of furan rings is 1. The molecule has 0 aliphatic heterocycles. The van der Waals surface area contributed by atoms with E-state index in [4.69, 9.17) is 4.42 Å². The van der Waals surface area contributed by atoms with Crippen molar-refractivity contribution in [1.82, 2.24) is 14.5 Å². The molecule has 1 saturated carbocycles. The number of fused-ring (bicyclic) bond motifs is 1. The van der Waals surface area contributed by atoms with E-state index in [0.717, 1.165) is 11.5 Å². The third-order valence-corrected chi connectivity index (χ3v) is 5.32. The van der Waals surface area contributed by atoms with Crippen LogP contribution in [0, 0.1) is 12.8 Å². The number of para-hydroxylation sites is 1. The quantitative estimate of drug-likeness (QED) is 0.697. The van der Waals surface area contributed by atoms with Gasteiger partial charge < -0.3 is 9.32 Å². The number of aromatic nitrogens is 2. The van der Waals surface area contributed by atoms with E-state index in [1.807, 2.05) is 18.2 Å². The summed E-state index contributed by atoms with van der Waals surface area (Å²) in [4.78, 5) is 31.4. The lowest BCUT2D eigenvalue weighted by Crippen LogP contribution is -2.35. The highest BCUT2D eigenvalue weighted by Crippen LogP contribution is 2.47. The Labute approximate surface area is 157 Å². The van der Waals surface area contributed by atoms with Crippen LogP contribution >= 0.6 is 0 Å². The molecule has 1 amide bonds. The molecule has 0 spiro atoms. The van der Waals surface area contributed by atoms with E-state index in [0.29, 0.717) is 35.1 Å². The van der Waals surface area contributed by atoms with Crippen LogP contribution < -0.4 is 5.56 Å². The molecule has 140 valence electrons. The number of likely N-dealkylation sites (N-methyl/N-ethyl adjacent to an activating group) is 1. The summed E-state index contributed by atoms with van der Waals surface area (Å²) in [6, 6.07) is 11.1. The minimum absolute atomic E-state index is 0.0355. The van der Waals surface area contributed by atoms with Crippen molar-refractivity contribution in [2.45, 2.75) is 39.3 Å². The maximum absolute atomic E-state index is 12.7. The number of hydrogen-bond donors (Lipinski definition) is 0. The van der Waals surface area contributed by atoms with Gasteiger partial charge in [-0.15, -0.1) is 0 Å². The molecule has 1 aromatic carbocycles. The second-order valence-corrected chi connectivity index (χ2v) is 7.44. The molecule has 27 heavy (non-hydrogen) atoms. The van der Waals surface area contributed by atoms with E-state index in [-0.39, 0.29) is 18.0 Å². The number of amides is 1. The summed E-state index contributed by atoms with van der Waals surface area (Å²) in [5, 5.41) is 0.521. The highest BCUT2D eigenvalue weighted by atomic mass is 16.3. The first kappa shape index (κ1) is 17.5. The van der Waals surface area contributed by atoms with E-state index < -0.39 is 0 Å². The van der Waals surface area contributed by atoms with Crippen molar-refractivity contribution in [2.24, 2.45) is 5.92 Å². The lowest BCUT2D eigenvalue weighted by atomic mass is 10.2. The zero-order chi connectivity index (χ0) is 19.1. The average molecular weight is 365 g/mol. The number of hydrogen-bond acceptors (Lipinski definition) is 4. The van der Waals surface area contributed by atoms with Gasteiger partial charge in [0.25, 0.3) is 5.56 Å². The summed E-state index contributed by atoms with van der Waals surface area (Å²) < 4.78 is 7.31. The lowest BCUT2D eigenvalue weighted by Gasteiger charge is -2.17. The number of nitrogens with zero attached hydrogens (tertiary/aromatic N) is 3. The van der Waals surface area contributed by atoms with Crippen molar-refractivity contribution in [3.8, 4) is 0 Å². The zero-order valence-electron chi connectivity index (χ0n) is 15.8. The van der Waals surface area contributed by atoms with Gasteiger partial charge in [-0.1, -0.05) is 19.1 Å². The predicted octanol–water partition coefficient (Wildman–Crippen LogP) is 3.08. The zero-order valence-corrected chi connectivity index (χ0v) is 15.8. The Morgan fingerprint density at radius 1 is 1.30 bits per heavy atom. The van der Waals surface area contributed by atoms with Crippen LogP contribution in [0.5, 0.6) is 0 Å². The van der Waals surface area contributed by atoms with Gasteiger partial charge >= 0.3 is 0 Å². The SMILES string of the molecule is Cc1nc2ccccc2c(=O)n1CC(=O)N(C)Cc1ccc([C@@H]2C[C@@H]2C)o1. The summed E-state index contributed by atoms with van der Waals surface area (Å²) in [5.41, 5.74) is 0.456. The summed E-state index contributed by atoms with van der Waals surface area (Å²) in [5.74, 6) is 3.34. The molecule has 0 unspecified atom stereocenters. The van der Waals surface area contributed by atoms with Crippen molar-refractivity contribution in [1.29, 1.82) is 0 Å². The number of rotatable bonds is 5. The van der Waals surface area contributed by atoms with Gasteiger partial charge in [-0.25, -0.2) is 4.98 Å². The van der Waals surface area contributed by atoms with Crippen LogP contribution in [0.4, 0.5) is 0 Å². The van der Waals surface area contributed by atoms with Gasteiger partial charge in [-0.05, 0) is 43.5 Å². The van der Waals surface area contributed by atoms with Gasteiger partial charge in [0, 0.05) is 13.0 Å². The predicted molar refractivity (Wildman–Crippen MR) is 102 cm³/mol. The monoisotopic (exact) mass is 365 g/mol. The Morgan fingerprint density at radius 2 is 2.04 bits per heavy atom. The first-order chi connectivity index (χ1) is 12.9. The Bertz CT molecular complexity index is 1070. The highest BCUT2D eigenvalue weighted by molar-refractivity contribution is 5.79. The number of aryl methyl sites for hydroxylation is 1. The van der Waals surface area contributed by atoms with Crippen LogP contribution in [0.15, 0.2) is 45.6 Å². The third-order valence-electron chi connectivity index (χ3n) is 5.32. The Kier molecular flexibility index (Phi) is 4.34. The molecule has 6 nitrogen and oxygen atoms in total. The van der Waals surface area contributed by atoms with Crippen LogP contribution in [0.2, 0.25) is 0 Å². The van der Waals surface area contributed by atoms with Crippen LogP contribution in [0.1, 0.15) is 36.6 Å². The maximum Gasteiger partial charge on any atom is 0.261 e. The molecule has 0 saturated heterocycles. The van der Waals surface area contributed by atoms with Crippen molar-refractivity contribution >= 4 is 16.8 Å². The average Bonchev–Trinajstić information content (AvgIpc) is 3.19. The molecular formula is C21H23N3O3. The van der Waals surface area contributed by atoms with Crippen molar-refractivity contribution in [3.05, 3.63) is 64.1 Å². The van der Waals surface area contributed by atoms with E-state index in [1.54, 1.807) is 37.1 Å². The number of carbonyl (C=O) groups is 1. The summed E-state index contributed by atoms with van der Waals surface area (Å²) >= 11 is 0. The van der Waals surface area contributed by atoms with E-state index in [9.17, 15) is 9.59 Å². The largest absolute Gasteiger partial charge is 0.464 e. The van der Waals surface area contributed by atoms with E-state index >= 15 is 0 Å². The van der Waals surface area contributed by atoms with E-state index in [1.165, 1.54) is 11.0 Å². The minimum atomic E-state index is -0.192. The second kappa shape index (κ2) is 6.68. The molecule has 0 bridgehead atoms. The van der Waals surface area contributed by atoms with Crippen molar-refractivity contribution < 1.29 is 9.21 Å². The normalized spacial score (nSPS) is 18.6. The smallest absolute Gasteiger partial charge is 0.261 e. The molecule has 0 radical (unpaired) electrons. The fourth-order valence-corrected chi connectivity index (χ4v) is 3.44. The Balaban J connectivity index is 1.49. The summed E-state index contributed by atoms with van der Waals surface area (Å²) in [7, 11) is 1.72. The van der Waals surface area contributed by atoms with Gasteiger partial charge in [0.2, 0.25) is 5.91 Å². The summed E-state index contributed by atoms with van der Waals surface area (Å²) in [6.07, 6.45) is 1.17. The highest BCUT2D eigenvalue weighted by Gasteiger charge is 2.36. The number of carbonyl (C=O) groups excluding carboxylic acids is 1. The van der Waals surface area contributed by atoms with Crippen molar-refractivity contribution in [3.63, 3.8) is 0 Å². The minimum Gasteiger partial charge on any atom is -0.464 e. The lowest BCUT2D eigenvalue weighted by molar-refractivity contribution is -0.131. The van der Waals surface area contributed by atoms with Crippen molar-refractivity contribution in [2.75, 3.05) is 7.05 Å². The molecule has 3 aromatic rings.